The molecule has 0 aliphatic carbocycles. The summed E-state index contributed by atoms with van der Waals surface area (Å²) < 4.78 is 43.8. The molecule has 4 aliphatic rings. The van der Waals surface area contributed by atoms with Gasteiger partial charge in [0.2, 0.25) is 0 Å². The zero-order valence-corrected chi connectivity index (χ0v) is 38.0. The summed E-state index contributed by atoms with van der Waals surface area (Å²) in [5.74, 6) is -4.19. The Kier molecular flexibility index (Phi) is 16.0. The van der Waals surface area contributed by atoms with E-state index in [2.05, 4.69) is 0 Å². The quantitative estimate of drug-likeness (QED) is 0.225. The van der Waals surface area contributed by atoms with Crippen molar-refractivity contribution in [1.82, 2.24) is 14.7 Å². The first-order valence-corrected chi connectivity index (χ1v) is 21.9. The molecule has 4 fully saturated rings. The van der Waals surface area contributed by atoms with E-state index in [0.29, 0.717) is 37.6 Å². The number of hydrogen-bond donors (Lipinski definition) is 1. The fourth-order valence-corrected chi connectivity index (χ4v) is 9.99. The molecule has 14 atom stereocenters. The molecule has 4 saturated heterocycles. The van der Waals surface area contributed by atoms with E-state index in [0.717, 1.165) is 5.56 Å². The van der Waals surface area contributed by atoms with Gasteiger partial charge >= 0.3 is 18.2 Å². The lowest BCUT2D eigenvalue weighted by molar-refractivity contribution is -0.302. The number of amides is 2. The molecule has 5 rings (SSSR count). The molecule has 0 radical (unpaired) electrons. The molecule has 0 spiro atoms. The molecular weight excluding hydrogens is 798 g/mol. The standard InChI is InChI=1S/C44H68ClN3O12/c1-12-33-44(9)37(48(42(53)60-44)19-18-30-14-16-31(45)17-15-30)27(5)34(49)25(3)23-43(8,54-11)38(59-40-35(50)32(46(10)13-2)22-26(4)56-40)28(6)36(29(7)39(51)57-33)58-41(52)47-20-21-55-24-47/h14-17,25-29,32-33,35-38,40,50H,12-13,18-24H2,1-11H3/t25-,26-,27-,28+,29-,32+,33+,35-,36-,37-,38-,40+,43+,44-/m1/s1. The van der Waals surface area contributed by atoms with Crippen molar-refractivity contribution < 1.29 is 57.4 Å². The third-order valence-electron chi connectivity index (χ3n) is 13.5. The molecule has 0 aromatic heterocycles. The second-order valence-corrected chi connectivity index (χ2v) is 18.2. The Balaban J connectivity index is 1.60. The smallest absolute Gasteiger partial charge is 0.411 e. The molecule has 4 aliphatic heterocycles. The molecule has 4 heterocycles. The Labute approximate surface area is 360 Å². The van der Waals surface area contributed by atoms with Gasteiger partial charge in [-0.25, -0.2) is 9.59 Å². The van der Waals surface area contributed by atoms with Crippen LogP contribution in [0, 0.1) is 23.7 Å². The van der Waals surface area contributed by atoms with Gasteiger partial charge < -0.3 is 43.2 Å². The Morgan fingerprint density at radius 3 is 2.33 bits per heavy atom. The van der Waals surface area contributed by atoms with Crippen molar-refractivity contribution in [1.29, 1.82) is 0 Å². The fraction of sp³-hybridized carbons (Fsp3) is 0.773. The highest BCUT2D eigenvalue weighted by Crippen LogP contribution is 2.44. The lowest BCUT2D eigenvalue weighted by Crippen LogP contribution is -2.61. The van der Waals surface area contributed by atoms with Gasteiger partial charge in [0.25, 0.3) is 0 Å². The van der Waals surface area contributed by atoms with Gasteiger partial charge in [-0.1, -0.05) is 58.4 Å². The normalized spacial score (nSPS) is 38.3. The fourth-order valence-electron chi connectivity index (χ4n) is 9.87. The molecule has 2 amide bonds. The number of esters is 1. The number of nitrogens with zero attached hydrogens (tertiary/aromatic N) is 3. The van der Waals surface area contributed by atoms with Crippen molar-refractivity contribution in [2.75, 3.05) is 47.1 Å². The summed E-state index contributed by atoms with van der Waals surface area (Å²) in [4.78, 5) is 62.2. The number of likely N-dealkylation sites (N-methyl/N-ethyl adjacent to an activating group) is 1. The van der Waals surface area contributed by atoms with Crippen molar-refractivity contribution in [2.24, 2.45) is 23.7 Å². The molecular formula is C44H68ClN3O12. The largest absolute Gasteiger partial charge is 0.458 e. The van der Waals surface area contributed by atoms with Crippen LogP contribution in [0.5, 0.6) is 0 Å². The van der Waals surface area contributed by atoms with Gasteiger partial charge in [0.05, 0.1) is 36.4 Å². The average Bonchev–Trinajstić information content (AvgIpc) is 3.86. The summed E-state index contributed by atoms with van der Waals surface area (Å²) in [5, 5.41) is 12.4. The summed E-state index contributed by atoms with van der Waals surface area (Å²) in [6, 6.07) is 6.22. The van der Waals surface area contributed by atoms with Crippen LogP contribution in [0.2, 0.25) is 5.02 Å². The molecule has 1 aromatic rings. The van der Waals surface area contributed by atoms with Gasteiger partial charge in [0, 0.05) is 49.0 Å². The lowest BCUT2D eigenvalue weighted by atomic mass is 9.73. The zero-order chi connectivity index (χ0) is 44.3. The van der Waals surface area contributed by atoms with Gasteiger partial charge in [-0.2, -0.15) is 0 Å². The number of rotatable bonds is 10. The lowest BCUT2D eigenvalue weighted by Gasteiger charge is -2.48. The Morgan fingerprint density at radius 1 is 1.05 bits per heavy atom. The molecule has 0 saturated carbocycles. The van der Waals surface area contributed by atoms with Crippen molar-refractivity contribution in [3.8, 4) is 0 Å². The van der Waals surface area contributed by atoms with Crippen LogP contribution in [0.3, 0.4) is 0 Å². The number of carbonyl (C=O) groups is 4. The second-order valence-electron chi connectivity index (χ2n) is 17.7. The number of carbonyl (C=O) groups excluding carboxylic acids is 4. The maximum absolute atomic E-state index is 14.9. The van der Waals surface area contributed by atoms with E-state index in [1.54, 1.807) is 44.7 Å². The van der Waals surface area contributed by atoms with Crippen molar-refractivity contribution in [3.05, 3.63) is 34.9 Å². The number of halogens is 1. The highest BCUT2D eigenvalue weighted by atomic mass is 35.5. The predicted octanol–water partition coefficient (Wildman–Crippen LogP) is 5.70. The summed E-state index contributed by atoms with van der Waals surface area (Å²) in [7, 11) is 3.45. The SMILES string of the molecule is CC[C@@H]1OC(=O)[C@H](C)[C@H](OC(=O)N2CCOC2)[C@H](C)[C@@H](O[C@@H]2O[C@H](C)C[C@H](N(C)CC)[C@H]2O)[C@@](C)(OC)C[C@@H](C)C(=O)[C@@H](C)[C@H]2N(CCc3ccc(Cl)cc3)C(=O)O[C@]12C. The first kappa shape index (κ1) is 48.0. The van der Waals surface area contributed by atoms with Gasteiger partial charge in [-0.15, -0.1) is 0 Å². The van der Waals surface area contributed by atoms with Gasteiger partial charge in [-0.05, 0) is 84.7 Å². The van der Waals surface area contributed by atoms with Crippen LogP contribution in [0.25, 0.3) is 0 Å². The van der Waals surface area contributed by atoms with Crippen LogP contribution in [0.1, 0.15) is 87.1 Å². The minimum Gasteiger partial charge on any atom is -0.458 e. The number of aliphatic hydroxyl groups is 1. The van der Waals surface area contributed by atoms with Crippen LogP contribution in [-0.4, -0.2) is 151 Å². The zero-order valence-electron chi connectivity index (χ0n) is 37.3. The topological polar surface area (TPSA) is 163 Å². The number of ether oxygens (including phenoxy) is 7. The monoisotopic (exact) mass is 865 g/mol. The first-order valence-electron chi connectivity index (χ1n) is 21.6. The number of Topliss-reactive ketones (excluding diaryl/α,β-unsaturated/α-hetero) is 1. The summed E-state index contributed by atoms with van der Waals surface area (Å²) in [5.41, 5.74) is -1.79. The minimum absolute atomic E-state index is 0.0240. The van der Waals surface area contributed by atoms with Gasteiger partial charge in [-0.3, -0.25) is 19.4 Å². The average molecular weight is 866 g/mol. The molecule has 0 unspecified atom stereocenters. The van der Waals surface area contributed by atoms with Crippen LogP contribution in [0.4, 0.5) is 9.59 Å². The Bertz CT molecular complexity index is 1650. The number of hydrogen-bond acceptors (Lipinski definition) is 13. The molecule has 338 valence electrons. The summed E-state index contributed by atoms with van der Waals surface area (Å²) in [6.45, 7) is 17.9. The Hall–Kier alpha value is -3.05. The number of ketones is 1. The molecule has 1 N–H and O–H groups in total. The number of aliphatic hydroxyl groups excluding tert-OH is 1. The van der Waals surface area contributed by atoms with Crippen LogP contribution >= 0.6 is 11.6 Å². The third-order valence-corrected chi connectivity index (χ3v) is 13.8. The van der Waals surface area contributed by atoms with E-state index in [9.17, 15) is 24.3 Å². The molecule has 15 nitrogen and oxygen atoms in total. The molecule has 60 heavy (non-hydrogen) atoms. The summed E-state index contributed by atoms with van der Waals surface area (Å²) in [6.07, 6.45) is -5.56. The van der Waals surface area contributed by atoms with Crippen LogP contribution < -0.4 is 0 Å². The van der Waals surface area contributed by atoms with Gasteiger partial charge in [0.15, 0.2) is 11.9 Å². The third kappa shape index (κ3) is 10.1. The number of fused-ring (bicyclic) bond motifs is 1. The predicted molar refractivity (Wildman–Crippen MR) is 222 cm³/mol. The van der Waals surface area contributed by atoms with Crippen LogP contribution in [-0.2, 0) is 49.2 Å². The van der Waals surface area contributed by atoms with E-state index in [1.807, 2.05) is 58.7 Å². The Morgan fingerprint density at radius 2 is 1.73 bits per heavy atom. The highest BCUT2D eigenvalue weighted by Gasteiger charge is 2.60. The first-order chi connectivity index (χ1) is 28.3. The molecule has 1 aromatic carbocycles. The van der Waals surface area contributed by atoms with E-state index in [1.165, 1.54) is 12.0 Å². The second kappa shape index (κ2) is 20.0. The molecule has 0 bridgehead atoms. The van der Waals surface area contributed by atoms with Crippen molar-refractivity contribution in [2.45, 2.75) is 148 Å². The highest BCUT2D eigenvalue weighted by molar-refractivity contribution is 6.30. The maximum Gasteiger partial charge on any atom is 0.411 e. The van der Waals surface area contributed by atoms with Gasteiger partial charge in [0.1, 0.15) is 30.8 Å². The maximum atomic E-state index is 14.9. The molecule has 16 heteroatoms. The van der Waals surface area contributed by atoms with E-state index in [4.69, 9.17) is 44.8 Å². The number of cyclic esters (lactones) is 1. The van der Waals surface area contributed by atoms with E-state index < -0.39 is 89.8 Å². The number of benzene rings is 1. The van der Waals surface area contributed by atoms with E-state index >= 15 is 0 Å². The minimum atomic E-state index is -1.44. The van der Waals surface area contributed by atoms with Crippen LogP contribution in [0.15, 0.2) is 24.3 Å². The van der Waals surface area contributed by atoms with E-state index in [-0.39, 0.29) is 44.0 Å². The van der Waals surface area contributed by atoms with Crippen molar-refractivity contribution >= 4 is 35.5 Å². The van der Waals surface area contributed by atoms with Crippen molar-refractivity contribution in [3.63, 3.8) is 0 Å². The number of methoxy groups -OCH3 is 1. The summed E-state index contributed by atoms with van der Waals surface area (Å²) >= 11 is 6.15.